The van der Waals surface area contributed by atoms with E-state index in [1.165, 1.54) is 18.3 Å². The van der Waals surface area contributed by atoms with Gasteiger partial charge in [0.15, 0.2) is 0 Å². The molecule has 0 aliphatic carbocycles. The molecule has 3 aromatic rings. The second-order valence-electron chi connectivity index (χ2n) is 7.16. The van der Waals surface area contributed by atoms with Crippen LogP contribution in [0.2, 0.25) is 0 Å². The summed E-state index contributed by atoms with van der Waals surface area (Å²) in [7, 11) is 0. The van der Waals surface area contributed by atoms with Crippen molar-refractivity contribution in [2.45, 2.75) is 6.42 Å². The van der Waals surface area contributed by atoms with E-state index < -0.39 is 17.8 Å². The zero-order valence-corrected chi connectivity index (χ0v) is 16.8. The van der Waals surface area contributed by atoms with E-state index in [9.17, 15) is 14.4 Å². The van der Waals surface area contributed by atoms with Gasteiger partial charge in [0.25, 0.3) is 11.8 Å². The molecule has 0 unspecified atom stereocenters. The first kappa shape index (κ1) is 20.6. The van der Waals surface area contributed by atoms with Gasteiger partial charge in [0, 0.05) is 23.0 Å². The van der Waals surface area contributed by atoms with Crippen LogP contribution in [0.3, 0.4) is 0 Å². The lowest BCUT2D eigenvalue weighted by Crippen LogP contribution is -2.36. The highest BCUT2D eigenvalue weighted by atomic mass is 16.4. The van der Waals surface area contributed by atoms with E-state index in [1.807, 2.05) is 12.1 Å². The molecule has 0 saturated carbocycles. The predicted octanol–water partition coefficient (Wildman–Crippen LogP) is 3.84. The molecule has 3 aromatic carbocycles. The maximum Gasteiger partial charge on any atom is 0.335 e. The van der Waals surface area contributed by atoms with E-state index in [0.29, 0.717) is 23.1 Å². The fourth-order valence-electron chi connectivity index (χ4n) is 3.42. The van der Waals surface area contributed by atoms with Gasteiger partial charge in [-0.3, -0.25) is 14.9 Å². The van der Waals surface area contributed by atoms with Crippen molar-refractivity contribution >= 4 is 29.0 Å². The summed E-state index contributed by atoms with van der Waals surface area (Å²) in [5.41, 5.74) is 4.43. The molecule has 3 N–H and O–H groups in total. The van der Waals surface area contributed by atoms with Crippen molar-refractivity contribution in [3.05, 3.63) is 95.2 Å². The van der Waals surface area contributed by atoms with Crippen molar-refractivity contribution in [1.29, 1.82) is 5.26 Å². The zero-order valence-electron chi connectivity index (χ0n) is 16.8. The van der Waals surface area contributed by atoms with Gasteiger partial charge in [-0.05, 0) is 53.1 Å². The number of anilines is 1. The second kappa shape index (κ2) is 8.58. The van der Waals surface area contributed by atoms with E-state index in [-0.39, 0.29) is 5.56 Å². The minimum absolute atomic E-state index is 0.173. The topological polar surface area (TPSA) is 119 Å². The third kappa shape index (κ3) is 4.11. The van der Waals surface area contributed by atoms with Gasteiger partial charge in [0.05, 0.1) is 23.6 Å². The molecule has 0 radical (unpaired) electrons. The molecule has 32 heavy (non-hydrogen) atoms. The van der Waals surface area contributed by atoms with Crippen LogP contribution in [0.1, 0.15) is 31.8 Å². The summed E-state index contributed by atoms with van der Waals surface area (Å²) in [5.74, 6) is -2.01. The third-order valence-corrected chi connectivity index (χ3v) is 5.11. The number of carbonyl (C=O) groups is 3. The number of carboxylic acids is 1. The fraction of sp³-hybridized carbons (Fsp3) is 0.0400. The number of imide groups is 1. The molecule has 1 aliphatic heterocycles. The normalized spacial score (nSPS) is 13.8. The van der Waals surface area contributed by atoms with Crippen molar-refractivity contribution in [3.8, 4) is 17.2 Å². The standard InChI is InChI=1S/C25H17N3O4/c26-12-11-15-1-8-19(9-2-15)27-14-22-21-13-18(7-10-20(21)23(29)28-24(22)30)16-3-5-17(6-4-16)25(31)32/h1-10,13-14,27H,11H2,(H,31,32)(H,28,29,30)/b22-14+. The summed E-state index contributed by atoms with van der Waals surface area (Å²) in [4.78, 5) is 35.9. The maximum absolute atomic E-state index is 12.6. The van der Waals surface area contributed by atoms with Crippen LogP contribution in [0.5, 0.6) is 0 Å². The first-order valence-corrected chi connectivity index (χ1v) is 9.72. The highest BCUT2D eigenvalue weighted by molar-refractivity contribution is 6.31. The summed E-state index contributed by atoms with van der Waals surface area (Å²) in [6.45, 7) is 0. The van der Waals surface area contributed by atoms with Crippen LogP contribution >= 0.6 is 0 Å². The van der Waals surface area contributed by atoms with E-state index in [0.717, 1.165) is 22.4 Å². The highest BCUT2D eigenvalue weighted by Crippen LogP contribution is 2.30. The number of amides is 2. The molecule has 0 saturated heterocycles. The molecular weight excluding hydrogens is 406 g/mol. The van der Waals surface area contributed by atoms with Crippen molar-refractivity contribution < 1.29 is 19.5 Å². The number of aromatic carboxylic acids is 1. The van der Waals surface area contributed by atoms with E-state index in [4.69, 9.17) is 10.4 Å². The number of carbonyl (C=O) groups excluding carboxylic acids is 2. The smallest absolute Gasteiger partial charge is 0.335 e. The molecule has 0 atom stereocenters. The molecule has 7 nitrogen and oxygen atoms in total. The fourth-order valence-corrected chi connectivity index (χ4v) is 3.42. The summed E-state index contributed by atoms with van der Waals surface area (Å²) < 4.78 is 0. The maximum atomic E-state index is 12.6. The van der Waals surface area contributed by atoms with Gasteiger partial charge < -0.3 is 10.4 Å². The molecule has 4 rings (SSSR count). The van der Waals surface area contributed by atoms with Crippen LogP contribution in [0.4, 0.5) is 5.69 Å². The van der Waals surface area contributed by atoms with Crippen LogP contribution in [-0.4, -0.2) is 22.9 Å². The Labute approximate surface area is 183 Å². The molecule has 156 valence electrons. The van der Waals surface area contributed by atoms with Gasteiger partial charge in [-0.25, -0.2) is 4.79 Å². The summed E-state index contributed by atoms with van der Waals surface area (Å²) in [6.07, 6.45) is 1.85. The van der Waals surface area contributed by atoms with Crippen LogP contribution in [0, 0.1) is 11.3 Å². The van der Waals surface area contributed by atoms with Crippen LogP contribution in [-0.2, 0) is 11.2 Å². The Morgan fingerprint density at radius 3 is 2.28 bits per heavy atom. The quantitative estimate of drug-likeness (QED) is 0.424. The number of nitrogens with zero attached hydrogens (tertiary/aromatic N) is 1. The highest BCUT2D eigenvalue weighted by Gasteiger charge is 2.27. The van der Waals surface area contributed by atoms with Gasteiger partial charge in [-0.1, -0.05) is 30.3 Å². The predicted molar refractivity (Wildman–Crippen MR) is 119 cm³/mol. The minimum Gasteiger partial charge on any atom is -0.478 e. The lowest BCUT2D eigenvalue weighted by molar-refractivity contribution is -0.114. The Morgan fingerprint density at radius 1 is 0.938 bits per heavy atom. The van der Waals surface area contributed by atoms with Gasteiger partial charge in [-0.2, -0.15) is 5.26 Å². The number of hydrogen-bond acceptors (Lipinski definition) is 5. The minimum atomic E-state index is -1.01. The third-order valence-electron chi connectivity index (χ3n) is 5.11. The lowest BCUT2D eigenvalue weighted by Gasteiger charge is -2.19. The van der Waals surface area contributed by atoms with Crippen molar-refractivity contribution in [2.24, 2.45) is 0 Å². The van der Waals surface area contributed by atoms with Crippen LogP contribution in [0.15, 0.2) is 72.9 Å². The molecule has 7 heteroatoms. The Kier molecular flexibility index (Phi) is 5.51. The average molecular weight is 423 g/mol. The Morgan fingerprint density at radius 2 is 1.62 bits per heavy atom. The molecule has 0 bridgehead atoms. The van der Waals surface area contributed by atoms with Gasteiger partial charge in [0.2, 0.25) is 0 Å². The van der Waals surface area contributed by atoms with Crippen LogP contribution < -0.4 is 10.6 Å². The van der Waals surface area contributed by atoms with Crippen molar-refractivity contribution in [1.82, 2.24) is 5.32 Å². The number of nitriles is 1. The lowest BCUT2D eigenvalue weighted by atomic mass is 9.91. The van der Waals surface area contributed by atoms with Gasteiger partial charge >= 0.3 is 5.97 Å². The first-order chi connectivity index (χ1) is 15.5. The number of benzene rings is 3. The molecule has 1 heterocycles. The van der Waals surface area contributed by atoms with Gasteiger partial charge in [0.1, 0.15) is 0 Å². The van der Waals surface area contributed by atoms with Gasteiger partial charge in [-0.15, -0.1) is 0 Å². The van der Waals surface area contributed by atoms with Crippen molar-refractivity contribution in [3.63, 3.8) is 0 Å². The molecule has 0 spiro atoms. The number of rotatable bonds is 5. The molecular formula is C25H17N3O4. The summed E-state index contributed by atoms with van der Waals surface area (Å²) in [6, 6.07) is 20.8. The molecule has 0 aromatic heterocycles. The Bertz CT molecular complexity index is 1300. The van der Waals surface area contributed by atoms with E-state index >= 15 is 0 Å². The number of carboxylic acid groups (broad SMARTS) is 1. The first-order valence-electron chi connectivity index (χ1n) is 9.72. The van der Waals surface area contributed by atoms with Crippen molar-refractivity contribution in [2.75, 3.05) is 5.32 Å². The van der Waals surface area contributed by atoms with Crippen LogP contribution in [0.25, 0.3) is 16.7 Å². The Balaban J connectivity index is 1.68. The zero-order chi connectivity index (χ0) is 22.7. The Hall–Kier alpha value is -4.70. The number of fused-ring (bicyclic) bond motifs is 1. The summed E-state index contributed by atoms with van der Waals surface area (Å²) >= 11 is 0. The number of hydrogen-bond donors (Lipinski definition) is 3. The largest absolute Gasteiger partial charge is 0.478 e. The average Bonchev–Trinajstić information content (AvgIpc) is 2.80. The monoisotopic (exact) mass is 423 g/mol. The molecule has 0 fully saturated rings. The SMILES string of the molecule is N#CCc1ccc(N/C=C2/C(=O)NC(=O)c3ccc(-c4ccc(C(=O)O)cc4)cc32)cc1. The van der Waals surface area contributed by atoms with E-state index in [1.54, 1.807) is 42.5 Å². The molecule has 1 aliphatic rings. The van der Waals surface area contributed by atoms with E-state index in [2.05, 4.69) is 16.7 Å². The molecule has 2 amide bonds. The second-order valence-corrected chi connectivity index (χ2v) is 7.16. The summed E-state index contributed by atoms with van der Waals surface area (Å²) in [5, 5.41) is 23.3. The number of nitrogens with one attached hydrogen (secondary N) is 2.